The second-order valence-electron chi connectivity index (χ2n) is 9.12. The van der Waals surface area contributed by atoms with Gasteiger partial charge < -0.3 is 20.4 Å². The number of nitrogens with one attached hydrogen (secondary N) is 3. The summed E-state index contributed by atoms with van der Waals surface area (Å²) in [5, 5.41) is 24.5. The van der Waals surface area contributed by atoms with Crippen LogP contribution in [0.3, 0.4) is 0 Å². The number of hydrogen-bond donors (Lipinski definition) is 5. The average Bonchev–Trinajstić information content (AvgIpc) is 2.88. The highest BCUT2D eigenvalue weighted by molar-refractivity contribution is 7.89. The lowest BCUT2D eigenvalue weighted by Gasteiger charge is -2.34. The van der Waals surface area contributed by atoms with E-state index in [1.807, 2.05) is 11.9 Å². The number of rotatable bonds is 6. The van der Waals surface area contributed by atoms with Gasteiger partial charge in [-0.05, 0) is 55.1 Å². The van der Waals surface area contributed by atoms with E-state index in [4.69, 9.17) is 15.7 Å². The van der Waals surface area contributed by atoms with Crippen LogP contribution in [0.5, 0.6) is 0 Å². The molecule has 3 aromatic carbocycles. The molecule has 3 aromatic rings. The van der Waals surface area contributed by atoms with Crippen molar-refractivity contribution >= 4 is 43.3 Å². The molecule has 1 fully saturated rings. The number of benzene rings is 3. The van der Waals surface area contributed by atoms with Crippen LogP contribution < -0.4 is 20.9 Å². The lowest BCUT2D eigenvalue weighted by atomic mass is 10.0. The number of primary sulfonamides is 2. The molecule has 0 atom stereocenters. The lowest BCUT2D eigenvalue weighted by Crippen LogP contribution is -2.47. The van der Waals surface area contributed by atoms with Crippen LogP contribution in [0.1, 0.15) is 5.56 Å². The standard InChI is InChI=1S/C25H29N7O5S2/c1-31-11-13-32(14-12-31)24(26)18-3-2-4-19(15-18)29-25(33)30-23-10-9-21(39(28,36)37)16-22(23)17-5-7-20(8-6-17)38(27,34)35/h2-10,15-16,26H,11-14H2,1H3,(H2,27,34,35)(H2,28,36,37)(H2,29,30,33). The molecule has 0 bridgehead atoms. The first kappa shape index (κ1) is 28.2. The molecule has 0 aromatic heterocycles. The molecule has 0 aliphatic carbocycles. The third kappa shape index (κ3) is 6.99. The van der Waals surface area contributed by atoms with Crippen molar-refractivity contribution in [2.75, 3.05) is 43.9 Å². The van der Waals surface area contributed by atoms with Gasteiger partial charge in [0.15, 0.2) is 0 Å². The zero-order valence-electron chi connectivity index (χ0n) is 21.1. The van der Waals surface area contributed by atoms with Crippen LogP contribution in [0.25, 0.3) is 11.1 Å². The first-order valence-electron chi connectivity index (χ1n) is 11.8. The van der Waals surface area contributed by atoms with Gasteiger partial charge in [-0.1, -0.05) is 24.3 Å². The molecule has 39 heavy (non-hydrogen) atoms. The fourth-order valence-corrected chi connectivity index (χ4v) is 5.17. The predicted molar refractivity (Wildman–Crippen MR) is 150 cm³/mol. The van der Waals surface area contributed by atoms with Gasteiger partial charge in [-0.3, -0.25) is 5.41 Å². The normalized spacial score (nSPS) is 14.6. The molecular formula is C25H29N7O5S2. The number of piperazine rings is 1. The maximum Gasteiger partial charge on any atom is 0.323 e. The Morgan fingerprint density at radius 3 is 2.05 bits per heavy atom. The van der Waals surface area contributed by atoms with Crippen LogP contribution in [0.2, 0.25) is 0 Å². The van der Waals surface area contributed by atoms with Crippen LogP contribution in [0.15, 0.2) is 76.5 Å². The maximum atomic E-state index is 12.9. The van der Waals surface area contributed by atoms with E-state index in [2.05, 4.69) is 15.5 Å². The van der Waals surface area contributed by atoms with Gasteiger partial charge in [0.1, 0.15) is 5.84 Å². The minimum Gasteiger partial charge on any atom is -0.354 e. The zero-order valence-corrected chi connectivity index (χ0v) is 22.7. The number of anilines is 2. The number of nitrogens with zero attached hydrogens (tertiary/aromatic N) is 2. The number of carbonyl (C=O) groups is 1. The third-order valence-corrected chi connectivity index (χ3v) is 8.12. The molecule has 14 heteroatoms. The number of hydrogen-bond acceptors (Lipinski definition) is 7. The first-order valence-corrected chi connectivity index (χ1v) is 14.9. The van der Waals surface area contributed by atoms with Gasteiger partial charge in [-0.2, -0.15) is 0 Å². The van der Waals surface area contributed by atoms with Gasteiger partial charge in [0.05, 0.1) is 15.5 Å². The van der Waals surface area contributed by atoms with Gasteiger partial charge in [0, 0.05) is 43.0 Å². The van der Waals surface area contributed by atoms with Crippen molar-refractivity contribution < 1.29 is 21.6 Å². The summed E-state index contributed by atoms with van der Waals surface area (Å²) in [5.41, 5.74) is 2.09. The topological polar surface area (TPSA) is 192 Å². The van der Waals surface area contributed by atoms with E-state index in [-0.39, 0.29) is 15.5 Å². The Morgan fingerprint density at radius 2 is 1.44 bits per heavy atom. The monoisotopic (exact) mass is 571 g/mol. The van der Waals surface area contributed by atoms with E-state index < -0.39 is 26.1 Å². The highest BCUT2D eigenvalue weighted by Crippen LogP contribution is 2.31. The molecule has 0 spiro atoms. The lowest BCUT2D eigenvalue weighted by molar-refractivity contribution is 0.215. The Balaban J connectivity index is 1.56. The Morgan fingerprint density at radius 1 is 0.821 bits per heavy atom. The summed E-state index contributed by atoms with van der Waals surface area (Å²) in [6, 6.07) is 15.7. The van der Waals surface area contributed by atoms with Crippen LogP contribution in [0, 0.1) is 5.41 Å². The Hall–Kier alpha value is -3.82. The van der Waals surface area contributed by atoms with Gasteiger partial charge in [-0.15, -0.1) is 0 Å². The van der Waals surface area contributed by atoms with E-state index >= 15 is 0 Å². The molecule has 1 aliphatic heterocycles. The fraction of sp³-hybridized carbons (Fsp3) is 0.200. The molecule has 7 N–H and O–H groups in total. The minimum absolute atomic E-state index is 0.122. The number of amides is 2. The highest BCUT2D eigenvalue weighted by Gasteiger charge is 2.19. The first-order chi connectivity index (χ1) is 18.3. The predicted octanol–water partition coefficient (Wildman–Crippen LogP) is 1.87. The van der Waals surface area contributed by atoms with Gasteiger partial charge in [0.25, 0.3) is 0 Å². The van der Waals surface area contributed by atoms with Crippen molar-refractivity contribution in [2.24, 2.45) is 10.3 Å². The van der Waals surface area contributed by atoms with Crippen molar-refractivity contribution in [3.05, 3.63) is 72.3 Å². The largest absolute Gasteiger partial charge is 0.354 e. The number of sulfonamides is 2. The summed E-state index contributed by atoms with van der Waals surface area (Å²) in [5.74, 6) is 0.371. The minimum atomic E-state index is -4.05. The SMILES string of the molecule is CN1CCN(C(=N)c2cccc(NC(=O)Nc3ccc(S(N)(=O)=O)cc3-c3ccc(S(N)(=O)=O)cc3)c2)CC1. The molecule has 1 aliphatic rings. The summed E-state index contributed by atoms with van der Waals surface area (Å²) in [6.45, 7) is 3.20. The van der Waals surface area contributed by atoms with E-state index in [1.165, 1.54) is 42.5 Å². The van der Waals surface area contributed by atoms with E-state index in [9.17, 15) is 21.6 Å². The summed E-state index contributed by atoms with van der Waals surface area (Å²) < 4.78 is 47.1. The van der Waals surface area contributed by atoms with Crippen LogP contribution in [-0.4, -0.2) is 71.7 Å². The quantitative estimate of drug-likeness (QED) is 0.220. The Kier molecular flexibility index (Phi) is 8.04. The van der Waals surface area contributed by atoms with Crippen molar-refractivity contribution in [3.8, 4) is 11.1 Å². The second-order valence-corrected chi connectivity index (χ2v) is 12.2. The van der Waals surface area contributed by atoms with Crippen molar-refractivity contribution in [2.45, 2.75) is 9.79 Å². The van der Waals surface area contributed by atoms with E-state index in [0.29, 0.717) is 28.2 Å². The fourth-order valence-electron chi connectivity index (χ4n) is 4.11. The number of urea groups is 1. The van der Waals surface area contributed by atoms with E-state index in [0.717, 1.165) is 26.2 Å². The van der Waals surface area contributed by atoms with Crippen molar-refractivity contribution in [1.29, 1.82) is 5.41 Å². The zero-order chi connectivity index (χ0) is 28.4. The van der Waals surface area contributed by atoms with Crippen LogP contribution >= 0.6 is 0 Å². The van der Waals surface area contributed by atoms with Gasteiger partial charge >= 0.3 is 6.03 Å². The van der Waals surface area contributed by atoms with E-state index in [1.54, 1.807) is 24.3 Å². The molecule has 4 rings (SSSR count). The van der Waals surface area contributed by atoms with Gasteiger partial charge in [-0.25, -0.2) is 31.9 Å². The summed E-state index contributed by atoms with van der Waals surface area (Å²) in [7, 11) is -5.95. The summed E-state index contributed by atoms with van der Waals surface area (Å²) in [4.78, 5) is 16.8. The molecule has 1 saturated heterocycles. The van der Waals surface area contributed by atoms with Crippen molar-refractivity contribution in [1.82, 2.24) is 9.80 Å². The molecular weight excluding hydrogens is 542 g/mol. The van der Waals surface area contributed by atoms with Crippen LogP contribution in [-0.2, 0) is 20.0 Å². The van der Waals surface area contributed by atoms with Crippen molar-refractivity contribution in [3.63, 3.8) is 0 Å². The molecule has 2 amide bonds. The summed E-state index contributed by atoms with van der Waals surface area (Å²) in [6.07, 6.45) is 0. The molecule has 206 valence electrons. The van der Waals surface area contributed by atoms with Crippen LogP contribution in [0.4, 0.5) is 16.2 Å². The number of carbonyl (C=O) groups excluding carboxylic acids is 1. The average molecular weight is 572 g/mol. The number of nitrogens with two attached hydrogens (primary N) is 2. The molecule has 0 saturated carbocycles. The second kappa shape index (κ2) is 11.1. The molecule has 1 heterocycles. The van der Waals surface area contributed by atoms with Gasteiger partial charge in [0.2, 0.25) is 20.0 Å². The Labute approximate surface area is 227 Å². The Bertz CT molecular complexity index is 1620. The highest BCUT2D eigenvalue weighted by atomic mass is 32.2. The maximum absolute atomic E-state index is 12.9. The summed E-state index contributed by atoms with van der Waals surface area (Å²) >= 11 is 0. The molecule has 0 radical (unpaired) electrons. The number of amidine groups is 1. The third-order valence-electron chi connectivity index (χ3n) is 6.28. The molecule has 0 unspecified atom stereocenters. The number of likely N-dealkylation sites (N-methyl/N-ethyl adjacent to an activating group) is 1. The molecule has 12 nitrogen and oxygen atoms in total. The smallest absolute Gasteiger partial charge is 0.323 e.